The van der Waals surface area contributed by atoms with Gasteiger partial charge in [0.2, 0.25) is 0 Å². The van der Waals surface area contributed by atoms with Crippen molar-refractivity contribution >= 4 is 51.7 Å². The lowest BCUT2D eigenvalue weighted by molar-refractivity contribution is -0.149. The first-order valence-electron chi connectivity index (χ1n) is 9.53. The Bertz CT molecular complexity index is 1220. The third-order valence-corrected chi connectivity index (χ3v) is 5.52. The maximum Gasteiger partial charge on any atom is 0.344 e. The summed E-state index contributed by atoms with van der Waals surface area (Å²) in [6.07, 6.45) is 2.50. The minimum Gasteiger partial charge on any atom is -0.482 e. The highest BCUT2D eigenvalue weighted by Gasteiger charge is 2.20. The van der Waals surface area contributed by atoms with E-state index in [9.17, 15) is 14.4 Å². The fraction of sp³-hybridized carbons (Fsp3) is 0.227. The lowest BCUT2D eigenvalue weighted by atomic mass is 10.1. The summed E-state index contributed by atoms with van der Waals surface area (Å²) >= 11 is 12.0. The van der Waals surface area contributed by atoms with Gasteiger partial charge < -0.3 is 19.2 Å². The monoisotopic (exact) mass is 461 g/mol. The van der Waals surface area contributed by atoms with Gasteiger partial charge in [-0.15, -0.1) is 0 Å². The van der Waals surface area contributed by atoms with E-state index >= 15 is 0 Å². The fourth-order valence-electron chi connectivity index (χ4n) is 3.48. The lowest BCUT2D eigenvalue weighted by Crippen LogP contribution is -2.24. The van der Waals surface area contributed by atoms with Gasteiger partial charge in [0.15, 0.2) is 13.2 Å². The first kappa shape index (κ1) is 21.2. The van der Waals surface area contributed by atoms with Gasteiger partial charge in [0.25, 0.3) is 5.91 Å². The van der Waals surface area contributed by atoms with Crippen molar-refractivity contribution in [2.45, 2.75) is 19.3 Å². The maximum absolute atomic E-state index is 12.1. The van der Waals surface area contributed by atoms with Crippen LogP contribution in [0.1, 0.15) is 17.5 Å². The molecule has 31 heavy (non-hydrogen) atoms. The predicted molar refractivity (Wildman–Crippen MR) is 116 cm³/mol. The Morgan fingerprint density at radius 1 is 1.03 bits per heavy atom. The van der Waals surface area contributed by atoms with Crippen LogP contribution in [0.3, 0.4) is 0 Å². The van der Waals surface area contributed by atoms with Crippen molar-refractivity contribution in [1.82, 2.24) is 0 Å². The molecule has 0 saturated carbocycles. The molecule has 4 rings (SSSR count). The number of carbonyl (C=O) groups is 2. The number of carbonyl (C=O) groups excluding carboxylic acids is 2. The van der Waals surface area contributed by atoms with Crippen LogP contribution in [0.25, 0.3) is 11.0 Å². The molecule has 1 aliphatic rings. The van der Waals surface area contributed by atoms with E-state index in [-0.39, 0.29) is 21.4 Å². The molecule has 1 heterocycles. The van der Waals surface area contributed by atoms with Crippen LogP contribution in [-0.2, 0) is 27.2 Å². The Kier molecular flexibility index (Phi) is 6.15. The van der Waals surface area contributed by atoms with Crippen LogP contribution in [0, 0.1) is 0 Å². The van der Waals surface area contributed by atoms with Gasteiger partial charge in [-0.1, -0.05) is 29.3 Å². The summed E-state index contributed by atoms with van der Waals surface area (Å²) in [4.78, 5) is 36.0. The third-order valence-electron chi connectivity index (χ3n) is 4.89. The lowest BCUT2D eigenvalue weighted by Gasteiger charge is -2.10. The van der Waals surface area contributed by atoms with E-state index in [0.29, 0.717) is 11.3 Å². The number of amides is 1. The molecule has 3 aromatic rings. The van der Waals surface area contributed by atoms with Crippen molar-refractivity contribution in [3.63, 3.8) is 0 Å². The van der Waals surface area contributed by atoms with Crippen molar-refractivity contribution in [3.05, 3.63) is 68.0 Å². The molecule has 0 bridgehead atoms. The van der Waals surface area contributed by atoms with Gasteiger partial charge in [-0.25, -0.2) is 9.59 Å². The van der Waals surface area contributed by atoms with Crippen molar-refractivity contribution in [1.29, 1.82) is 0 Å². The summed E-state index contributed by atoms with van der Waals surface area (Å²) in [6, 6.07) is 9.85. The van der Waals surface area contributed by atoms with Crippen molar-refractivity contribution in [2.75, 3.05) is 18.5 Å². The Morgan fingerprint density at radius 3 is 2.55 bits per heavy atom. The predicted octanol–water partition coefficient (Wildman–Crippen LogP) is 4.15. The summed E-state index contributed by atoms with van der Waals surface area (Å²) in [5.41, 5.74) is 2.07. The molecular formula is C22H17Cl2NO6. The van der Waals surface area contributed by atoms with E-state index in [1.807, 2.05) is 6.07 Å². The number of halogens is 2. The van der Waals surface area contributed by atoms with Crippen LogP contribution >= 0.6 is 23.2 Å². The highest BCUT2D eigenvalue weighted by molar-refractivity contribution is 6.39. The number of para-hydroxylation sites is 1. The van der Waals surface area contributed by atoms with Crippen molar-refractivity contribution in [2.24, 2.45) is 0 Å². The van der Waals surface area contributed by atoms with E-state index in [0.717, 1.165) is 35.8 Å². The molecule has 0 fully saturated rings. The Hall–Kier alpha value is -3.03. The van der Waals surface area contributed by atoms with Crippen LogP contribution in [0.2, 0.25) is 10.0 Å². The zero-order valence-corrected chi connectivity index (χ0v) is 17.7. The van der Waals surface area contributed by atoms with Gasteiger partial charge in [-0.05, 0) is 49.1 Å². The molecule has 0 unspecified atom stereocenters. The molecular weight excluding hydrogens is 445 g/mol. The van der Waals surface area contributed by atoms with Crippen LogP contribution in [-0.4, -0.2) is 25.1 Å². The van der Waals surface area contributed by atoms with Gasteiger partial charge in [-0.2, -0.15) is 0 Å². The molecule has 0 atom stereocenters. The summed E-state index contributed by atoms with van der Waals surface area (Å²) in [7, 11) is 0. The summed E-state index contributed by atoms with van der Waals surface area (Å²) in [5, 5.41) is 3.90. The minimum atomic E-state index is -0.740. The Balaban J connectivity index is 1.32. The van der Waals surface area contributed by atoms with Crippen molar-refractivity contribution in [3.8, 4) is 5.75 Å². The van der Waals surface area contributed by atoms with E-state index in [4.69, 9.17) is 37.1 Å². The van der Waals surface area contributed by atoms with Gasteiger partial charge >= 0.3 is 11.6 Å². The summed E-state index contributed by atoms with van der Waals surface area (Å²) in [6.45, 7) is -0.941. The standard InChI is InChI=1S/C22H17Cl2NO6/c23-16-5-2-6-17(24)21(16)25-19(26)10-30-20(27)11-29-12-7-8-14-13-3-1-4-15(13)22(28)31-18(14)9-12/h2,5-9H,1,3-4,10-11H2,(H,25,26). The number of hydrogen-bond acceptors (Lipinski definition) is 6. The van der Waals surface area contributed by atoms with E-state index in [2.05, 4.69) is 5.32 Å². The van der Waals surface area contributed by atoms with Crippen molar-refractivity contribution < 1.29 is 23.5 Å². The molecule has 7 nitrogen and oxygen atoms in total. The number of rotatable bonds is 6. The number of nitrogens with one attached hydrogen (secondary N) is 1. The second-order valence-electron chi connectivity index (χ2n) is 6.95. The number of anilines is 1. The van der Waals surface area contributed by atoms with Gasteiger partial charge in [-0.3, -0.25) is 4.79 Å². The molecule has 0 radical (unpaired) electrons. The highest BCUT2D eigenvalue weighted by Crippen LogP contribution is 2.30. The largest absolute Gasteiger partial charge is 0.482 e. The number of hydrogen-bond donors (Lipinski definition) is 1. The summed E-state index contributed by atoms with van der Waals surface area (Å²) in [5.74, 6) is -0.988. The minimum absolute atomic E-state index is 0.243. The number of fused-ring (bicyclic) bond motifs is 3. The molecule has 0 aliphatic heterocycles. The molecule has 160 valence electrons. The third kappa shape index (κ3) is 4.68. The first-order valence-corrected chi connectivity index (χ1v) is 10.3. The molecule has 0 saturated heterocycles. The van der Waals surface area contributed by atoms with E-state index < -0.39 is 25.1 Å². The van der Waals surface area contributed by atoms with E-state index in [1.165, 1.54) is 0 Å². The smallest absolute Gasteiger partial charge is 0.344 e. The molecule has 9 heteroatoms. The Labute approximate surface area is 186 Å². The fourth-order valence-corrected chi connectivity index (χ4v) is 3.97. The highest BCUT2D eigenvalue weighted by atomic mass is 35.5. The maximum atomic E-state index is 12.1. The molecule has 1 aromatic heterocycles. The molecule has 1 aliphatic carbocycles. The van der Waals surface area contributed by atoms with Gasteiger partial charge in [0.1, 0.15) is 11.3 Å². The summed E-state index contributed by atoms with van der Waals surface area (Å²) < 4.78 is 15.7. The quantitative estimate of drug-likeness (QED) is 0.437. The van der Waals surface area contributed by atoms with Crippen LogP contribution in [0.5, 0.6) is 5.75 Å². The molecule has 1 N–H and O–H groups in total. The number of benzene rings is 2. The first-order chi connectivity index (χ1) is 14.9. The van der Waals surface area contributed by atoms with Crippen LogP contribution in [0.15, 0.2) is 45.6 Å². The van der Waals surface area contributed by atoms with Gasteiger partial charge in [0.05, 0.1) is 15.7 Å². The normalized spacial score (nSPS) is 12.5. The second kappa shape index (κ2) is 8.99. The van der Waals surface area contributed by atoms with Gasteiger partial charge in [0, 0.05) is 17.0 Å². The van der Waals surface area contributed by atoms with Crippen LogP contribution < -0.4 is 15.7 Å². The SMILES string of the molecule is O=C(COC(=O)COc1ccc2c3c(c(=O)oc2c1)CCC3)Nc1c(Cl)cccc1Cl. The molecule has 2 aromatic carbocycles. The zero-order valence-electron chi connectivity index (χ0n) is 16.2. The number of ether oxygens (including phenoxy) is 2. The zero-order chi connectivity index (χ0) is 22.0. The van der Waals surface area contributed by atoms with Crippen LogP contribution in [0.4, 0.5) is 5.69 Å². The topological polar surface area (TPSA) is 94.8 Å². The number of aryl methyl sites for hydroxylation is 1. The van der Waals surface area contributed by atoms with E-state index in [1.54, 1.807) is 30.3 Å². The molecule has 0 spiro atoms. The average Bonchev–Trinajstić information content (AvgIpc) is 3.24. The second-order valence-corrected chi connectivity index (χ2v) is 7.77. The average molecular weight is 462 g/mol. The number of esters is 1. The molecule has 1 amide bonds. The Morgan fingerprint density at radius 2 is 1.77 bits per heavy atom.